The highest BCUT2D eigenvalue weighted by Gasteiger charge is 2.21. The van der Waals surface area contributed by atoms with Crippen molar-refractivity contribution >= 4 is 16.7 Å². The summed E-state index contributed by atoms with van der Waals surface area (Å²) in [5.74, 6) is 1.82. The summed E-state index contributed by atoms with van der Waals surface area (Å²) in [4.78, 5) is 4.51. The second-order valence-electron chi connectivity index (χ2n) is 5.35. The molecule has 4 heteroatoms. The van der Waals surface area contributed by atoms with Crippen LogP contribution in [0.15, 0.2) is 0 Å². The summed E-state index contributed by atoms with van der Waals surface area (Å²) in [7, 11) is 0. The smallest absolute Gasteiger partial charge is 0.202 e. The van der Waals surface area contributed by atoms with Crippen molar-refractivity contribution in [1.82, 2.24) is 9.36 Å². The third-order valence-electron chi connectivity index (χ3n) is 2.86. The highest BCUT2D eigenvalue weighted by molar-refractivity contribution is 7.09. The summed E-state index contributed by atoms with van der Waals surface area (Å²) >= 11 is 1.48. The molecule has 1 fully saturated rings. The second kappa shape index (κ2) is 4.08. The molecule has 0 aromatic carbocycles. The minimum atomic E-state index is 0.0624. The van der Waals surface area contributed by atoms with Gasteiger partial charge in [0.05, 0.1) is 0 Å². The van der Waals surface area contributed by atoms with Crippen molar-refractivity contribution in [3.05, 3.63) is 5.82 Å². The highest BCUT2D eigenvalue weighted by atomic mass is 32.1. The van der Waals surface area contributed by atoms with Crippen LogP contribution >= 0.6 is 11.5 Å². The van der Waals surface area contributed by atoms with E-state index in [2.05, 4.69) is 35.4 Å². The molecule has 1 aromatic heterocycles. The molecule has 15 heavy (non-hydrogen) atoms. The number of hydrogen-bond acceptors (Lipinski definition) is 4. The van der Waals surface area contributed by atoms with Gasteiger partial charge in [-0.15, -0.1) is 0 Å². The van der Waals surface area contributed by atoms with Crippen LogP contribution in [0.1, 0.15) is 45.9 Å². The van der Waals surface area contributed by atoms with E-state index in [1.54, 1.807) is 0 Å². The standard InChI is InChI=1S/C11H19N3S/c1-11(2,3)9-13-10(15-14-9)12-7-8-5-4-6-8/h8H,4-7H2,1-3H3,(H,12,13,14). The fraction of sp³-hybridized carbons (Fsp3) is 0.818. The topological polar surface area (TPSA) is 37.8 Å². The van der Waals surface area contributed by atoms with Crippen LogP contribution in [-0.2, 0) is 5.41 Å². The van der Waals surface area contributed by atoms with Gasteiger partial charge in [-0.1, -0.05) is 27.2 Å². The fourth-order valence-corrected chi connectivity index (χ4v) is 2.29. The summed E-state index contributed by atoms with van der Waals surface area (Å²) in [5, 5.41) is 4.36. The summed E-state index contributed by atoms with van der Waals surface area (Å²) < 4.78 is 4.38. The average molecular weight is 225 g/mol. The van der Waals surface area contributed by atoms with Crippen LogP contribution in [-0.4, -0.2) is 15.9 Å². The van der Waals surface area contributed by atoms with Crippen LogP contribution in [0, 0.1) is 5.92 Å². The second-order valence-corrected chi connectivity index (χ2v) is 6.10. The SMILES string of the molecule is CC(C)(C)c1nsc(NCC2CCC2)n1. The molecule has 0 aliphatic heterocycles. The van der Waals surface area contributed by atoms with Crippen LogP contribution in [0.4, 0.5) is 5.13 Å². The van der Waals surface area contributed by atoms with Gasteiger partial charge in [-0.2, -0.15) is 4.37 Å². The third-order valence-corrected chi connectivity index (χ3v) is 3.54. The van der Waals surface area contributed by atoms with Gasteiger partial charge in [0.25, 0.3) is 0 Å². The normalized spacial score (nSPS) is 17.5. The van der Waals surface area contributed by atoms with Crippen molar-refractivity contribution in [2.24, 2.45) is 5.92 Å². The van der Waals surface area contributed by atoms with Gasteiger partial charge < -0.3 is 5.32 Å². The van der Waals surface area contributed by atoms with Crippen molar-refractivity contribution < 1.29 is 0 Å². The van der Waals surface area contributed by atoms with Gasteiger partial charge in [0.15, 0.2) is 0 Å². The minimum absolute atomic E-state index is 0.0624. The van der Waals surface area contributed by atoms with E-state index in [-0.39, 0.29) is 5.41 Å². The molecule has 0 atom stereocenters. The predicted octanol–water partition coefficient (Wildman–Crippen LogP) is 3.05. The van der Waals surface area contributed by atoms with Crippen molar-refractivity contribution in [3.8, 4) is 0 Å². The van der Waals surface area contributed by atoms with Gasteiger partial charge in [0.2, 0.25) is 5.13 Å². The summed E-state index contributed by atoms with van der Waals surface area (Å²) in [5.41, 5.74) is 0.0624. The van der Waals surface area contributed by atoms with E-state index in [0.717, 1.165) is 23.4 Å². The first-order valence-corrected chi connectivity index (χ1v) is 6.41. The predicted molar refractivity (Wildman–Crippen MR) is 64.4 cm³/mol. The summed E-state index contributed by atoms with van der Waals surface area (Å²) in [6.45, 7) is 7.50. The van der Waals surface area contributed by atoms with Gasteiger partial charge in [-0.3, -0.25) is 0 Å². The van der Waals surface area contributed by atoms with Crippen molar-refractivity contribution in [1.29, 1.82) is 0 Å². The Hall–Kier alpha value is -0.640. The monoisotopic (exact) mass is 225 g/mol. The number of hydrogen-bond donors (Lipinski definition) is 1. The molecule has 0 spiro atoms. The average Bonchev–Trinajstić information content (AvgIpc) is 2.48. The van der Waals surface area contributed by atoms with E-state index in [0.29, 0.717) is 0 Å². The Kier molecular flexibility index (Phi) is 2.96. The zero-order chi connectivity index (χ0) is 10.9. The lowest BCUT2D eigenvalue weighted by Crippen LogP contribution is -2.21. The number of aromatic nitrogens is 2. The Labute approximate surface area is 95.5 Å². The number of nitrogens with one attached hydrogen (secondary N) is 1. The molecule has 84 valence electrons. The van der Waals surface area contributed by atoms with E-state index in [1.165, 1.54) is 30.8 Å². The first kappa shape index (κ1) is 10.9. The maximum Gasteiger partial charge on any atom is 0.202 e. The molecule has 1 aliphatic rings. The molecule has 0 unspecified atom stereocenters. The minimum Gasteiger partial charge on any atom is -0.360 e. The van der Waals surface area contributed by atoms with Crippen LogP contribution in [0.25, 0.3) is 0 Å². The first-order chi connectivity index (χ1) is 7.05. The van der Waals surface area contributed by atoms with E-state index in [1.807, 2.05) is 0 Å². The molecule has 1 N–H and O–H groups in total. The van der Waals surface area contributed by atoms with Gasteiger partial charge in [-0.25, -0.2) is 4.98 Å². The number of nitrogens with zero attached hydrogens (tertiary/aromatic N) is 2. The molecule has 0 radical (unpaired) electrons. The molecule has 1 saturated carbocycles. The van der Waals surface area contributed by atoms with Crippen molar-refractivity contribution in [3.63, 3.8) is 0 Å². The lowest BCUT2D eigenvalue weighted by molar-refractivity contribution is 0.333. The summed E-state index contributed by atoms with van der Waals surface area (Å²) in [6.07, 6.45) is 4.14. The molecule has 2 rings (SSSR count). The number of anilines is 1. The summed E-state index contributed by atoms with van der Waals surface area (Å²) in [6, 6.07) is 0. The molecule has 3 nitrogen and oxygen atoms in total. The molecule has 0 bridgehead atoms. The van der Waals surface area contributed by atoms with Gasteiger partial charge in [0, 0.05) is 23.5 Å². The Morgan fingerprint density at radius 3 is 2.60 bits per heavy atom. The molecule has 0 saturated heterocycles. The zero-order valence-electron chi connectivity index (χ0n) is 9.71. The Balaban J connectivity index is 1.89. The van der Waals surface area contributed by atoms with Crippen LogP contribution in [0.5, 0.6) is 0 Å². The Morgan fingerprint density at radius 1 is 1.40 bits per heavy atom. The van der Waals surface area contributed by atoms with E-state index in [9.17, 15) is 0 Å². The van der Waals surface area contributed by atoms with Crippen LogP contribution in [0.3, 0.4) is 0 Å². The first-order valence-electron chi connectivity index (χ1n) is 5.64. The Morgan fingerprint density at radius 2 is 2.13 bits per heavy atom. The zero-order valence-corrected chi connectivity index (χ0v) is 10.5. The lowest BCUT2D eigenvalue weighted by atomic mass is 9.85. The van der Waals surface area contributed by atoms with E-state index >= 15 is 0 Å². The van der Waals surface area contributed by atoms with Crippen molar-refractivity contribution in [2.45, 2.75) is 45.4 Å². The molecule has 1 aliphatic carbocycles. The maximum absolute atomic E-state index is 4.51. The van der Waals surface area contributed by atoms with E-state index in [4.69, 9.17) is 0 Å². The van der Waals surface area contributed by atoms with Gasteiger partial charge in [0.1, 0.15) is 5.82 Å². The van der Waals surface area contributed by atoms with Crippen LogP contribution in [0.2, 0.25) is 0 Å². The molecular formula is C11H19N3S. The van der Waals surface area contributed by atoms with Crippen LogP contribution < -0.4 is 5.32 Å². The van der Waals surface area contributed by atoms with Crippen molar-refractivity contribution in [2.75, 3.05) is 11.9 Å². The van der Waals surface area contributed by atoms with Gasteiger partial charge in [-0.05, 0) is 18.8 Å². The molecule has 1 heterocycles. The Bertz CT molecular complexity index is 323. The fourth-order valence-electron chi connectivity index (χ4n) is 1.53. The third kappa shape index (κ3) is 2.68. The molecule has 1 aromatic rings. The lowest BCUT2D eigenvalue weighted by Gasteiger charge is -2.25. The van der Waals surface area contributed by atoms with Gasteiger partial charge >= 0.3 is 0 Å². The largest absolute Gasteiger partial charge is 0.360 e. The highest BCUT2D eigenvalue weighted by Crippen LogP contribution is 2.27. The quantitative estimate of drug-likeness (QED) is 0.859. The maximum atomic E-state index is 4.51. The van der Waals surface area contributed by atoms with E-state index < -0.39 is 0 Å². The molecular weight excluding hydrogens is 206 g/mol. The number of rotatable bonds is 3. The molecule has 0 amide bonds.